The van der Waals surface area contributed by atoms with Crippen LogP contribution in [0.25, 0.3) is 0 Å². The van der Waals surface area contributed by atoms with Crippen LogP contribution in [0.2, 0.25) is 0 Å². The van der Waals surface area contributed by atoms with Crippen LogP contribution in [0.5, 0.6) is 11.5 Å². The maximum Gasteiger partial charge on any atom is 0.251 e. The first kappa shape index (κ1) is 27.0. The van der Waals surface area contributed by atoms with Crippen LogP contribution in [0, 0.1) is 0 Å². The van der Waals surface area contributed by atoms with Gasteiger partial charge in [0.1, 0.15) is 11.5 Å². The van der Waals surface area contributed by atoms with Gasteiger partial charge in [-0.2, -0.15) is 0 Å². The summed E-state index contributed by atoms with van der Waals surface area (Å²) in [5, 5.41) is 7.30. The van der Waals surface area contributed by atoms with E-state index < -0.39 is 12.2 Å². The van der Waals surface area contributed by atoms with Gasteiger partial charge in [-0.25, -0.2) is 0 Å². The van der Waals surface area contributed by atoms with Crippen LogP contribution in [0.3, 0.4) is 0 Å². The highest BCUT2D eigenvalue weighted by Crippen LogP contribution is 2.45. The third kappa shape index (κ3) is 6.10. The predicted molar refractivity (Wildman–Crippen MR) is 162 cm³/mol. The number of halogens is 1. The standard InChI is InChI=1S/C35H33ClN2O3/c36-31-32(37-23-24-13-7-10-20-28(24)35(39)38-25-14-8-9-15-25)34(41-27-18-5-2-6-19-27)30-22-12-11-21-29(30)33(31)40-26-16-3-1-4-17-26/h1-7,10-13,16-22,25,33-34,37H,8-9,14-15,23H2,(H,38,39). The minimum absolute atomic E-state index is 0.0364. The van der Waals surface area contributed by atoms with E-state index in [0.717, 1.165) is 53.9 Å². The molecule has 2 N–H and O–H groups in total. The second-order valence-corrected chi connectivity index (χ2v) is 10.9. The normalized spacial score (nSPS) is 18.5. The second kappa shape index (κ2) is 12.5. The predicted octanol–water partition coefficient (Wildman–Crippen LogP) is 7.85. The molecule has 2 atom stereocenters. The Labute approximate surface area is 246 Å². The SMILES string of the molecule is O=C(NC1CCCC1)c1ccccc1CNC1=C(Cl)C(Oc2ccccc2)c2ccccc2C1Oc1ccccc1. The van der Waals surface area contributed by atoms with E-state index in [9.17, 15) is 4.79 Å². The van der Waals surface area contributed by atoms with E-state index in [1.165, 1.54) is 0 Å². The van der Waals surface area contributed by atoms with Gasteiger partial charge in [0.2, 0.25) is 0 Å². The molecule has 1 saturated carbocycles. The highest BCUT2D eigenvalue weighted by atomic mass is 35.5. The summed E-state index contributed by atoms with van der Waals surface area (Å²) in [4.78, 5) is 13.2. The zero-order valence-corrected chi connectivity index (χ0v) is 23.5. The molecule has 2 aliphatic carbocycles. The monoisotopic (exact) mass is 564 g/mol. The van der Waals surface area contributed by atoms with Crippen molar-refractivity contribution in [2.45, 2.75) is 50.5 Å². The number of hydrogen-bond acceptors (Lipinski definition) is 4. The Bertz CT molecular complexity index is 1520. The van der Waals surface area contributed by atoms with Crippen LogP contribution in [0.15, 0.2) is 120 Å². The fourth-order valence-corrected chi connectivity index (χ4v) is 5.98. The van der Waals surface area contributed by atoms with Gasteiger partial charge in [0, 0.05) is 29.3 Å². The molecular formula is C35H33ClN2O3. The van der Waals surface area contributed by atoms with Crippen molar-refractivity contribution in [1.82, 2.24) is 10.6 Å². The summed E-state index contributed by atoms with van der Waals surface area (Å²) in [6.07, 6.45) is 3.39. The van der Waals surface area contributed by atoms with Gasteiger partial charge in [0.15, 0.2) is 12.2 Å². The van der Waals surface area contributed by atoms with E-state index in [2.05, 4.69) is 16.7 Å². The minimum atomic E-state index is -0.519. The Morgan fingerprint density at radius 2 is 1.24 bits per heavy atom. The van der Waals surface area contributed by atoms with Crippen molar-refractivity contribution in [2.24, 2.45) is 0 Å². The van der Waals surface area contributed by atoms with Gasteiger partial charge in [-0.15, -0.1) is 0 Å². The number of para-hydroxylation sites is 2. The Morgan fingerprint density at radius 3 is 1.90 bits per heavy atom. The minimum Gasteiger partial charge on any atom is -0.480 e. The van der Waals surface area contributed by atoms with E-state index in [4.69, 9.17) is 21.1 Å². The Morgan fingerprint density at radius 1 is 0.707 bits per heavy atom. The number of ether oxygens (including phenoxy) is 2. The number of fused-ring (bicyclic) bond motifs is 1. The molecule has 4 aromatic rings. The summed E-state index contributed by atoms with van der Waals surface area (Å²) >= 11 is 7.20. The van der Waals surface area contributed by atoms with E-state index in [1.807, 2.05) is 103 Å². The van der Waals surface area contributed by atoms with Crippen LogP contribution in [-0.2, 0) is 6.54 Å². The molecule has 41 heavy (non-hydrogen) atoms. The molecule has 1 fully saturated rings. The molecule has 0 aromatic heterocycles. The number of nitrogens with one attached hydrogen (secondary N) is 2. The second-order valence-electron chi connectivity index (χ2n) is 10.5. The molecule has 0 saturated heterocycles. The van der Waals surface area contributed by atoms with Crippen molar-refractivity contribution in [3.05, 3.63) is 142 Å². The molecule has 1 amide bonds. The van der Waals surface area contributed by atoms with Gasteiger partial charge in [-0.05, 0) is 48.7 Å². The van der Waals surface area contributed by atoms with Gasteiger partial charge < -0.3 is 20.1 Å². The number of hydrogen-bond donors (Lipinski definition) is 2. The van der Waals surface area contributed by atoms with Crippen LogP contribution < -0.4 is 20.1 Å². The summed E-state index contributed by atoms with van der Waals surface area (Å²) in [6.45, 7) is 0.398. The van der Waals surface area contributed by atoms with E-state index >= 15 is 0 Å². The largest absolute Gasteiger partial charge is 0.480 e. The highest BCUT2D eigenvalue weighted by molar-refractivity contribution is 6.30. The lowest BCUT2D eigenvalue weighted by Gasteiger charge is -2.34. The number of amides is 1. The van der Waals surface area contributed by atoms with Crippen molar-refractivity contribution < 1.29 is 14.3 Å². The summed E-state index contributed by atoms with van der Waals surface area (Å²) in [7, 11) is 0. The number of carbonyl (C=O) groups excluding carboxylic acids is 1. The van der Waals surface area contributed by atoms with Gasteiger partial charge in [-0.1, -0.05) is 103 Å². The van der Waals surface area contributed by atoms with Gasteiger partial charge in [0.25, 0.3) is 5.91 Å². The molecule has 6 heteroatoms. The number of benzene rings is 4. The zero-order valence-electron chi connectivity index (χ0n) is 22.8. The van der Waals surface area contributed by atoms with Crippen molar-refractivity contribution in [3.63, 3.8) is 0 Å². The summed E-state index contributed by atoms with van der Waals surface area (Å²) < 4.78 is 13.0. The summed E-state index contributed by atoms with van der Waals surface area (Å²) in [6, 6.07) is 35.4. The summed E-state index contributed by atoms with van der Waals surface area (Å²) in [5.74, 6) is 1.42. The number of rotatable bonds is 9. The lowest BCUT2D eigenvalue weighted by molar-refractivity contribution is 0.0936. The maximum absolute atomic E-state index is 13.2. The highest BCUT2D eigenvalue weighted by Gasteiger charge is 2.37. The molecule has 6 rings (SSSR count). The van der Waals surface area contributed by atoms with Crippen LogP contribution >= 0.6 is 11.6 Å². The summed E-state index contributed by atoms with van der Waals surface area (Å²) in [5.41, 5.74) is 4.18. The molecule has 0 radical (unpaired) electrons. The van der Waals surface area contributed by atoms with Crippen LogP contribution in [0.4, 0.5) is 0 Å². The maximum atomic E-state index is 13.2. The average molecular weight is 565 g/mol. The molecule has 208 valence electrons. The fourth-order valence-electron chi connectivity index (χ4n) is 5.65. The first-order valence-electron chi connectivity index (χ1n) is 14.2. The fraction of sp³-hybridized carbons (Fsp3) is 0.229. The Kier molecular flexibility index (Phi) is 8.24. The van der Waals surface area contributed by atoms with Crippen molar-refractivity contribution in [1.29, 1.82) is 0 Å². The van der Waals surface area contributed by atoms with Crippen molar-refractivity contribution >= 4 is 17.5 Å². The lowest BCUT2D eigenvalue weighted by Crippen LogP contribution is -2.34. The third-order valence-electron chi connectivity index (χ3n) is 7.73. The van der Waals surface area contributed by atoms with Crippen molar-refractivity contribution in [3.8, 4) is 11.5 Å². The van der Waals surface area contributed by atoms with E-state index in [-0.39, 0.29) is 11.9 Å². The molecule has 0 heterocycles. The molecule has 0 aliphatic heterocycles. The van der Waals surface area contributed by atoms with Gasteiger partial charge >= 0.3 is 0 Å². The molecule has 5 nitrogen and oxygen atoms in total. The molecule has 0 bridgehead atoms. The van der Waals surface area contributed by atoms with Crippen LogP contribution in [-0.4, -0.2) is 11.9 Å². The first-order chi connectivity index (χ1) is 20.2. The molecule has 0 spiro atoms. The average Bonchev–Trinajstić information content (AvgIpc) is 3.53. The zero-order chi connectivity index (χ0) is 28.0. The Balaban J connectivity index is 1.34. The number of carbonyl (C=O) groups is 1. The Hall–Kier alpha value is -4.22. The topological polar surface area (TPSA) is 59.6 Å². The molecular weight excluding hydrogens is 532 g/mol. The van der Waals surface area contributed by atoms with E-state index in [1.54, 1.807) is 0 Å². The molecule has 2 unspecified atom stereocenters. The quantitative estimate of drug-likeness (QED) is 0.217. The van der Waals surface area contributed by atoms with Gasteiger partial charge in [-0.3, -0.25) is 4.79 Å². The first-order valence-corrected chi connectivity index (χ1v) is 14.6. The smallest absolute Gasteiger partial charge is 0.251 e. The van der Waals surface area contributed by atoms with Gasteiger partial charge in [0.05, 0.1) is 10.7 Å². The van der Waals surface area contributed by atoms with E-state index in [0.29, 0.717) is 22.8 Å². The van der Waals surface area contributed by atoms with Crippen LogP contribution in [0.1, 0.15) is 64.9 Å². The molecule has 2 aliphatic rings. The third-order valence-corrected chi connectivity index (χ3v) is 8.13. The van der Waals surface area contributed by atoms with Crippen molar-refractivity contribution in [2.75, 3.05) is 0 Å². The molecule has 4 aromatic carbocycles. The lowest BCUT2D eigenvalue weighted by atomic mass is 9.89.